The van der Waals surface area contributed by atoms with E-state index >= 15 is 0 Å². The minimum atomic E-state index is -3.67. The van der Waals surface area contributed by atoms with Crippen molar-refractivity contribution in [2.75, 3.05) is 18.5 Å². The third-order valence-corrected chi connectivity index (χ3v) is 5.58. The summed E-state index contributed by atoms with van der Waals surface area (Å²) in [7, 11) is -3.67. The highest BCUT2D eigenvalue weighted by atomic mass is 32.2. The Balaban J connectivity index is 1.87. The first-order valence-electron chi connectivity index (χ1n) is 9.89. The molecule has 0 heterocycles. The fourth-order valence-electron chi connectivity index (χ4n) is 2.69. The number of rotatable bonds is 10. The van der Waals surface area contributed by atoms with Gasteiger partial charge in [-0.25, -0.2) is 13.1 Å². The quantitative estimate of drug-likeness (QED) is 0.552. The molecule has 0 unspecified atom stereocenters. The number of nitrogens with one attached hydrogen (secondary N) is 2. The van der Waals surface area contributed by atoms with Gasteiger partial charge in [0.15, 0.2) is 11.5 Å². The Labute approximate surface area is 178 Å². The normalized spacial score (nSPS) is 11.7. The molecular formula is C22H30N2O5S. The first-order chi connectivity index (χ1) is 14.1. The number of carbonyl (C=O) groups excluding carboxylic acids is 1. The van der Waals surface area contributed by atoms with Crippen LogP contribution in [0.5, 0.6) is 11.5 Å². The maximum atomic E-state index is 12.5. The largest absolute Gasteiger partial charge is 0.490 e. The fraction of sp³-hybridized carbons (Fsp3) is 0.409. The van der Waals surface area contributed by atoms with Gasteiger partial charge in [0.25, 0.3) is 0 Å². The number of para-hydroxylation sites is 2. The molecule has 0 atom stereocenters. The smallest absolute Gasteiger partial charge is 0.241 e. The van der Waals surface area contributed by atoms with Crippen molar-refractivity contribution in [1.82, 2.24) is 4.72 Å². The van der Waals surface area contributed by atoms with Gasteiger partial charge >= 0.3 is 0 Å². The fourth-order valence-corrected chi connectivity index (χ4v) is 4.15. The minimum absolute atomic E-state index is 0.103. The Bertz CT molecular complexity index is 952. The van der Waals surface area contributed by atoms with Crippen molar-refractivity contribution in [3.63, 3.8) is 0 Å². The van der Waals surface area contributed by atoms with Crippen molar-refractivity contribution in [3.8, 4) is 11.5 Å². The first kappa shape index (κ1) is 23.7. The molecule has 0 aliphatic rings. The topological polar surface area (TPSA) is 93.7 Å². The summed E-state index contributed by atoms with van der Waals surface area (Å²) < 4.78 is 38.7. The van der Waals surface area contributed by atoms with Crippen LogP contribution in [0.25, 0.3) is 0 Å². The number of amides is 1. The number of hydrogen-bond acceptors (Lipinski definition) is 5. The summed E-state index contributed by atoms with van der Waals surface area (Å²) >= 11 is 0. The molecule has 164 valence electrons. The van der Waals surface area contributed by atoms with Gasteiger partial charge in [-0.1, -0.05) is 18.2 Å². The van der Waals surface area contributed by atoms with E-state index in [1.165, 1.54) is 12.1 Å². The Morgan fingerprint density at radius 1 is 1.00 bits per heavy atom. The van der Waals surface area contributed by atoms with Gasteiger partial charge < -0.3 is 14.8 Å². The lowest BCUT2D eigenvalue weighted by atomic mass is 10.1. The van der Waals surface area contributed by atoms with E-state index in [9.17, 15) is 13.2 Å². The lowest BCUT2D eigenvalue weighted by Crippen LogP contribution is -2.40. The van der Waals surface area contributed by atoms with Crippen molar-refractivity contribution in [3.05, 3.63) is 48.5 Å². The average molecular weight is 435 g/mol. The monoisotopic (exact) mass is 434 g/mol. The van der Waals surface area contributed by atoms with Crippen LogP contribution in [0.3, 0.4) is 0 Å². The van der Waals surface area contributed by atoms with Crippen molar-refractivity contribution in [2.24, 2.45) is 0 Å². The van der Waals surface area contributed by atoms with Gasteiger partial charge in [0.1, 0.15) is 0 Å². The minimum Gasteiger partial charge on any atom is -0.490 e. The molecule has 2 rings (SSSR count). The lowest BCUT2D eigenvalue weighted by Gasteiger charge is -2.20. The van der Waals surface area contributed by atoms with Crippen LogP contribution in [-0.2, 0) is 14.8 Å². The molecule has 0 radical (unpaired) electrons. The molecule has 0 bridgehead atoms. The highest BCUT2D eigenvalue weighted by Gasteiger charge is 2.22. The number of benzene rings is 2. The van der Waals surface area contributed by atoms with E-state index in [1.807, 2.05) is 31.2 Å². The van der Waals surface area contributed by atoms with Crippen LogP contribution in [0.4, 0.5) is 5.69 Å². The summed E-state index contributed by atoms with van der Waals surface area (Å²) in [5.74, 6) is 1.10. The van der Waals surface area contributed by atoms with E-state index in [1.54, 1.807) is 32.9 Å². The molecule has 2 aromatic carbocycles. The molecule has 0 saturated heterocycles. The lowest BCUT2D eigenvalue weighted by molar-refractivity contribution is -0.116. The molecule has 0 fully saturated rings. The Kier molecular flexibility index (Phi) is 8.25. The standard InChI is InChI=1S/C22H30N2O5S/c1-5-28-19-12-6-7-13-20(19)29-15-9-14-21(25)23-17-10-8-11-18(16-17)30(26,27)24-22(2,3)4/h6-8,10-13,16,24H,5,9,14-15H2,1-4H3,(H,23,25). The van der Waals surface area contributed by atoms with E-state index in [-0.39, 0.29) is 17.2 Å². The Hall–Kier alpha value is -2.58. The predicted octanol–water partition coefficient (Wildman–Crippen LogP) is 3.96. The maximum Gasteiger partial charge on any atom is 0.241 e. The number of ether oxygens (including phenoxy) is 2. The molecule has 2 aromatic rings. The Morgan fingerprint density at radius 2 is 1.67 bits per heavy atom. The Morgan fingerprint density at radius 3 is 2.30 bits per heavy atom. The molecule has 0 saturated carbocycles. The molecule has 30 heavy (non-hydrogen) atoms. The second-order valence-corrected chi connectivity index (χ2v) is 9.45. The molecule has 0 aliphatic carbocycles. The van der Waals surface area contributed by atoms with Crippen LogP contribution >= 0.6 is 0 Å². The second-order valence-electron chi connectivity index (χ2n) is 7.76. The second kappa shape index (κ2) is 10.4. The van der Waals surface area contributed by atoms with Crippen molar-refractivity contribution in [1.29, 1.82) is 0 Å². The summed E-state index contributed by atoms with van der Waals surface area (Å²) in [5, 5.41) is 2.74. The van der Waals surface area contributed by atoms with Crippen molar-refractivity contribution < 1.29 is 22.7 Å². The van der Waals surface area contributed by atoms with Crippen LogP contribution in [0, 0.1) is 0 Å². The zero-order valence-electron chi connectivity index (χ0n) is 17.9. The predicted molar refractivity (Wildman–Crippen MR) is 117 cm³/mol. The molecule has 2 N–H and O–H groups in total. The SMILES string of the molecule is CCOc1ccccc1OCCCC(=O)Nc1cccc(S(=O)(=O)NC(C)(C)C)c1. The van der Waals surface area contributed by atoms with Gasteiger partial charge in [-0.15, -0.1) is 0 Å². The molecule has 8 heteroatoms. The van der Waals surface area contributed by atoms with Crippen LogP contribution < -0.4 is 19.5 Å². The van der Waals surface area contributed by atoms with Crippen molar-refractivity contribution >= 4 is 21.6 Å². The maximum absolute atomic E-state index is 12.5. The van der Waals surface area contributed by atoms with E-state index in [0.717, 1.165) is 0 Å². The third-order valence-electron chi connectivity index (χ3n) is 3.82. The summed E-state index contributed by atoms with van der Waals surface area (Å²) in [6, 6.07) is 13.6. The van der Waals surface area contributed by atoms with Crippen molar-refractivity contribution in [2.45, 2.75) is 51.0 Å². The summed E-state index contributed by atoms with van der Waals surface area (Å²) in [5.41, 5.74) is -0.168. The zero-order chi connectivity index (χ0) is 22.2. The van der Waals surface area contributed by atoms with Crippen LogP contribution in [-0.4, -0.2) is 33.1 Å². The van der Waals surface area contributed by atoms with Gasteiger partial charge in [-0.2, -0.15) is 0 Å². The van der Waals surface area contributed by atoms with Gasteiger partial charge in [0.2, 0.25) is 15.9 Å². The molecule has 0 spiro atoms. The summed E-state index contributed by atoms with van der Waals surface area (Å²) in [6.45, 7) is 8.12. The molecule has 1 amide bonds. The summed E-state index contributed by atoms with van der Waals surface area (Å²) in [4.78, 5) is 12.3. The number of carbonyl (C=O) groups is 1. The van der Waals surface area contributed by atoms with Crippen LogP contribution in [0.2, 0.25) is 0 Å². The molecule has 7 nitrogen and oxygen atoms in total. The highest BCUT2D eigenvalue weighted by Crippen LogP contribution is 2.26. The summed E-state index contributed by atoms with van der Waals surface area (Å²) in [6.07, 6.45) is 0.754. The van der Waals surface area contributed by atoms with Gasteiger partial charge in [0.05, 0.1) is 18.1 Å². The third kappa shape index (κ3) is 7.68. The highest BCUT2D eigenvalue weighted by molar-refractivity contribution is 7.89. The van der Waals surface area contributed by atoms with E-state index in [2.05, 4.69) is 10.0 Å². The number of anilines is 1. The molecule has 0 aromatic heterocycles. The number of sulfonamides is 1. The average Bonchev–Trinajstić information content (AvgIpc) is 2.65. The van der Waals surface area contributed by atoms with Gasteiger partial charge in [-0.05, 0) is 64.4 Å². The molecule has 0 aliphatic heterocycles. The van der Waals surface area contributed by atoms with Gasteiger partial charge in [0, 0.05) is 17.6 Å². The number of hydrogen-bond donors (Lipinski definition) is 2. The first-order valence-corrected chi connectivity index (χ1v) is 11.4. The van der Waals surface area contributed by atoms with Crippen LogP contribution in [0.15, 0.2) is 53.4 Å². The van der Waals surface area contributed by atoms with Crippen LogP contribution in [0.1, 0.15) is 40.5 Å². The zero-order valence-corrected chi connectivity index (χ0v) is 18.7. The van der Waals surface area contributed by atoms with E-state index < -0.39 is 15.6 Å². The van der Waals surface area contributed by atoms with Gasteiger partial charge in [-0.3, -0.25) is 4.79 Å². The van der Waals surface area contributed by atoms with E-state index in [4.69, 9.17) is 9.47 Å². The van der Waals surface area contributed by atoms with E-state index in [0.29, 0.717) is 36.8 Å². The molecular weight excluding hydrogens is 404 g/mol.